The molecule has 0 bridgehead atoms. The number of benzene rings is 2. The Balaban J connectivity index is 1.52. The van der Waals surface area contributed by atoms with E-state index in [4.69, 9.17) is 4.74 Å². The smallest absolute Gasteiger partial charge is 0.264 e. The first-order valence-electron chi connectivity index (χ1n) is 12.1. The van der Waals surface area contributed by atoms with Crippen molar-refractivity contribution >= 4 is 21.6 Å². The molecule has 0 radical (unpaired) electrons. The molecular formula is C26H35N3O4S. The van der Waals surface area contributed by atoms with Crippen LogP contribution in [-0.2, 0) is 14.8 Å². The summed E-state index contributed by atoms with van der Waals surface area (Å²) in [4.78, 5) is 17.7. The van der Waals surface area contributed by atoms with Gasteiger partial charge in [0.2, 0.25) is 5.91 Å². The molecule has 0 aliphatic carbocycles. The maximum atomic E-state index is 13.7. The molecule has 0 aromatic heterocycles. The number of sulfonamides is 1. The average molecular weight is 486 g/mol. The van der Waals surface area contributed by atoms with Crippen LogP contribution >= 0.6 is 0 Å². The van der Waals surface area contributed by atoms with Crippen LogP contribution in [0.2, 0.25) is 0 Å². The van der Waals surface area contributed by atoms with Gasteiger partial charge < -0.3 is 9.64 Å². The third-order valence-electron chi connectivity index (χ3n) is 7.13. The first-order valence-corrected chi connectivity index (χ1v) is 13.5. The Labute approximate surface area is 203 Å². The highest BCUT2D eigenvalue weighted by Crippen LogP contribution is 2.28. The second-order valence-electron chi connectivity index (χ2n) is 9.30. The highest BCUT2D eigenvalue weighted by Gasteiger charge is 2.32. The van der Waals surface area contributed by atoms with Gasteiger partial charge in [-0.15, -0.1) is 0 Å². The Hall–Kier alpha value is -2.58. The van der Waals surface area contributed by atoms with Gasteiger partial charge in [0.05, 0.1) is 17.7 Å². The molecule has 4 rings (SSSR count). The number of anilines is 1. The summed E-state index contributed by atoms with van der Waals surface area (Å²) in [5.74, 6) is 0.656. The van der Waals surface area contributed by atoms with E-state index in [9.17, 15) is 13.2 Å². The molecule has 184 valence electrons. The lowest BCUT2D eigenvalue weighted by molar-refractivity contribution is -0.130. The van der Waals surface area contributed by atoms with Gasteiger partial charge in [-0.3, -0.25) is 14.0 Å². The van der Waals surface area contributed by atoms with E-state index in [2.05, 4.69) is 4.90 Å². The maximum Gasteiger partial charge on any atom is 0.264 e. The van der Waals surface area contributed by atoms with Crippen LogP contribution in [0.3, 0.4) is 0 Å². The minimum absolute atomic E-state index is 0.00972. The van der Waals surface area contributed by atoms with Crippen LogP contribution in [0.25, 0.3) is 0 Å². The minimum atomic E-state index is -3.84. The number of likely N-dealkylation sites (tertiary alicyclic amines) is 2. The third kappa shape index (κ3) is 5.23. The van der Waals surface area contributed by atoms with Gasteiger partial charge in [-0.05, 0) is 93.7 Å². The van der Waals surface area contributed by atoms with Gasteiger partial charge in [-0.2, -0.15) is 0 Å². The van der Waals surface area contributed by atoms with Gasteiger partial charge in [0.1, 0.15) is 5.75 Å². The average Bonchev–Trinajstić information content (AvgIpc) is 3.53. The summed E-state index contributed by atoms with van der Waals surface area (Å²) in [6.45, 7) is 7.66. The molecule has 34 heavy (non-hydrogen) atoms. The summed E-state index contributed by atoms with van der Waals surface area (Å²) in [6.07, 6.45) is 3.60. The van der Waals surface area contributed by atoms with Gasteiger partial charge in [-0.1, -0.05) is 6.07 Å². The number of ether oxygens (including phenoxy) is 1. The molecule has 2 aromatic rings. The van der Waals surface area contributed by atoms with E-state index in [0.717, 1.165) is 43.7 Å². The van der Waals surface area contributed by atoms with E-state index in [1.807, 2.05) is 24.8 Å². The van der Waals surface area contributed by atoms with Crippen molar-refractivity contribution in [2.45, 2.75) is 50.5 Å². The Morgan fingerprint density at radius 2 is 1.74 bits per heavy atom. The fourth-order valence-electron chi connectivity index (χ4n) is 4.87. The van der Waals surface area contributed by atoms with Gasteiger partial charge in [0.15, 0.2) is 0 Å². The SMILES string of the molecule is COc1ccc(N(CCC(=O)N2CCC(N3CCCC3)C2)S(=O)(=O)c2ccc(C)c(C)c2)cc1. The fourth-order valence-corrected chi connectivity index (χ4v) is 6.42. The van der Waals surface area contributed by atoms with Crippen molar-refractivity contribution in [1.82, 2.24) is 9.80 Å². The van der Waals surface area contributed by atoms with E-state index in [-0.39, 0.29) is 23.8 Å². The lowest BCUT2D eigenvalue weighted by atomic mass is 10.1. The number of aryl methyl sites for hydroxylation is 2. The van der Waals surface area contributed by atoms with Crippen molar-refractivity contribution in [1.29, 1.82) is 0 Å². The molecule has 0 saturated carbocycles. The summed E-state index contributed by atoms with van der Waals surface area (Å²) in [7, 11) is -2.27. The molecule has 1 amide bonds. The molecule has 0 N–H and O–H groups in total. The molecule has 1 atom stereocenters. The first kappa shape index (κ1) is 24.5. The van der Waals surface area contributed by atoms with Crippen LogP contribution in [0.4, 0.5) is 5.69 Å². The molecule has 2 saturated heterocycles. The fraction of sp³-hybridized carbons (Fsp3) is 0.500. The van der Waals surface area contributed by atoms with Crippen molar-refractivity contribution in [3.05, 3.63) is 53.6 Å². The topological polar surface area (TPSA) is 70.2 Å². The zero-order chi connectivity index (χ0) is 24.3. The number of methoxy groups -OCH3 is 1. The van der Waals surface area contributed by atoms with Crippen molar-refractivity contribution in [2.75, 3.05) is 44.1 Å². The zero-order valence-electron chi connectivity index (χ0n) is 20.4. The van der Waals surface area contributed by atoms with Crippen molar-refractivity contribution in [3.63, 3.8) is 0 Å². The number of rotatable bonds is 8. The van der Waals surface area contributed by atoms with Crippen molar-refractivity contribution < 1.29 is 17.9 Å². The number of carbonyl (C=O) groups is 1. The predicted octanol–water partition coefficient (Wildman–Crippen LogP) is 3.59. The van der Waals surface area contributed by atoms with Crippen LogP contribution in [0.5, 0.6) is 5.75 Å². The maximum absolute atomic E-state index is 13.7. The molecule has 8 heteroatoms. The predicted molar refractivity (Wildman–Crippen MR) is 134 cm³/mol. The van der Waals surface area contributed by atoms with Gasteiger partial charge in [0.25, 0.3) is 10.0 Å². The molecule has 2 aliphatic rings. The number of nitrogens with zero attached hydrogens (tertiary/aromatic N) is 3. The van der Waals surface area contributed by atoms with Crippen LogP contribution < -0.4 is 9.04 Å². The van der Waals surface area contributed by atoms with E-state index < -0.39 is 10.0 Å². The first-order chi connectivity index (χ1) is 16.3. The largest absolute Gasteiger partial charge is 0.497 e. The van der Waals surface area contributed by atoms with E-state index in [1.54, 1.807) is 43.5 Å². The van der Waals surface area contributed by atoms with E-state index >= 15 is 0 Å². The lowest BCUT2D eigenvalue weighted by Crippen LogP contribution is -2.39. The van der Waals surface area contributed by atoms with E-state index in [1.165, 1.54) is 17.1 Å². The second-order valence-corrected chi connectivity index (χ2v) is 11.2. The molecule has 0 spiro atoms. The Kier molecular flexibility index (Phi) is 7.48. The highest BCUT2D eigenvalue weighted by atomic mass is 32.2. The molecule has 1 unspecified atom stereocenters. The van der Waals surface area contributed by atoms with Gasteiger partial charge in [-0.25, -0.2) is 8.42 Å². The van der Waals surface area contributed by atoms with E-state index in [0.29, 0.717) is 17.5 Å². The number of hydrogen-bond donors (Lipinski definition) is 0. The monoisotopic (exact) mass is 485 g/mol. The van der Waals surface area contributed by atoms with Crippen LogP contribution in [0.1, 0.15) is 36.8 Å². The Morgan fingerprint density at radius 3 is 2.38 bits per heavy atom. The van der Waals surface area contributed by atoms with Crippen LogP contribution in [-0.4, -0.2) is 70.0 Å². The second kappa shape index (κ2) is 10.4. The summed E-state index contributed by atoms with van der Waals surface area (Å²) < 4.78 is 33.9. The summed E-state index contributed by atoms with van der Waals surface area (Å²) in [5, 5.41) is 0. The molecule has 2 aromatic carbocycles. The minimum Gasteiger partial charge on any atom is -0.497 e. The quantitative estimate of drug-likeness (QED) is 0.572. The standard InChI is InChI=1S/C26H35N3O4S/c1-20-6-11-25(18-21(20)2)34(31,32)29(22-7-9-24(33-3)10-8-22)17-13-26(30)28-16-12-23(19-28)27-14-4-5-15-27/h6-11,18,23H,4-5,12-17,19H2,1-3H3. The molecule has 2 aliphatic heterocycles. The van der Waals surface area contributed by atoms with Crippen LogP contribution in [0, 0.1) is 13.8 Å². The highest BCUT2D eigenvalue weighted by molar-refractivity contribution is 7.92. The molecular weight excluding hydrogens is 450 g/mol. The third-order valence-corrected chi connectivity index (χ3v) is 8.95. The normalized spacial score (nSPS) is 18.9. The summed E-state index contributed by atoms with van der Waals surface area (Å²) in [5.41, 5.74) is 2.46. The molecule has 2 heterocycles. The number of amides is 1. The molecule has 2 fully saturated rings. The van der Waals surface area contributed by atoms with Gasteiger partial charge in [0, 0.05) is 32.1 Å². The lowest BCUT2D eigenvalue weighted by Gasteiger charge is -2.27. The van der Waals surface area contributed by atoms with Crippen LogP contribution in [0.15, 0.2) is 47.4 Å². The Morgan fingerprint density at radius 1 is 1.03 bits per heavy atom. The zero-order valence-corrected chi connectivity index (χ0v) is 21.2. The Bertz CT molecular complexity index is 1110. The number of carbonyl (C=O) groups excluding carboxylic acids is 1. The van der Waals surface area contributed by atoms with Gasteiger partial charge >= 0.3 is 0 Å². The van der Waals surface area contributed by atoms with Crippen molar-refractivity contribution in [2.24, 2.45) is 0 Å². The molecule has 7 nitrogen and oxygen atoms in total. The summed E-state index contributed by atoms with van der Waals surface area (Å²) >= 11 is 0. The summed E-state index contributed by atoms with van der Waals surface area (Å²) in [6, 6.07) is 12.5. The van der Waals surface area contributed by atoms with Crippen molar-refractivity contribution in [3.8, 4) is 5.75 Å². The number of hydrogen-bond acceptors (Lipinski definition) is 5.